The molecule has 1 amide bonds. The Morgan fingerprint density at radius 2 is 1.82 bits per heavy atom. The minimum Gasteiger partial charge on any atom is -0.378 e. The van der Waals surface area contributed by atoms with Crippen molar-refractivity contribution in [3.05, 3.63) is 65.5 Å². The van der Waals surface area contributed by atoms with E-state index in [1.165, 1.54) is 12.1 Å². The molecule has 0 N–H and O–H groups in total. The van der Waals surface area contributed by atoms with Crippen LogP contribution in [0.5, 0.6) is 0 Å². The first kappa shape index (κ1) is 22.9. The summed E-state index contributed by atoms with van der Waals surface area (Å²) in [5.74, 6) is 0.545. The molecule has 1 saturated carbocycles. The largest absolute Gasteiger partial charge is 0.416 e. The minimum absolute atomic E-state index is 0.0148. The molecule has 8 heteroatoms. The normalized spacial score (nSPS) is 21.7. The Balaban J connectivity index is 1.29. The molecule has 0 spiro atoms. The molecule has 34 heavy (non-hydrogen) atoms. The summed E-state index contributed by atoms with van der Waals surface area (Å²) in [5, 5.41) is 0. The average molecular weight is 472 g/mol. The number of benzene rings is 1. The van der Waals surface area contributed by atoms with E-state index in [9.17, 15) is 18.0 Å². The van der Waals surface area contributed by atoms with E-state index in [0.717, 1.165) is 54.9 Å². The van der Waals surface area contributed by atoms with Gasteiger partial charge in [-0.15, -0.1) is 0 Å². The molecule has 3 heterocycles. The van der Waals surface area contributed by atoms with E-state index in [4.69, 9.17) is 4.74 Å². The van der Waals surface area contributed by atoms with Gasteiger partial charge in [0.1, 0.15) is 5.52 Å². The maximum atomic E-state index is 13.2. The molecule has 0 radical (unpaired) electrons. The Kier molecular flexibility index (Phi) is 6.34. The van der Waals surface area contributed by atoms with Crippen molar-refractivity contribution in [1.29, 1.82) is 0 Å². The van der Waals surface area contributed by atoms with Gasteiger partial charge in [0, 0.05) is 32.0 Å². The zero-order chi connectivity index (χ0) is 23.7. The molecule has 1 aliphatic carbocycles. The Bertz CT molecular complexity index is 1160. The summed E-state index contributed by atoms with van der Waals surface area (Å²) < 4.78 is 46.8. The molecule has 1 aliphatic heterocycles. The molecule has 3 aromatic rings. The number of amides is 1. The van der Waals surface area contributed by atoms with E-state index in [2.05, 4.69) is 9.55 Å². The van der Waals surface area contributed by atoms with Gasteiger partial charge >= 0.3 is 6.18 Å². The van der Waals surface area contributed by atoms with Crippen LogP contribution in [0.3, 0.4) is 0 Å². The van der Waals surface area contributed by atoms with Crippen LogP contribution in [0, 0.1) is 5.92 Å². The number of hydrogen-bond acceptors (Lipinski definition) is 3. The van der Waals surface area contributed by atoms with E-state index in [0.29, 0.717) is 37.8 Å². The van der Waals surface area contributed by atoms with Crippen molar-refractivity contribution in [1.82, 2.24) is 14.5 Å². The third-order valence-corrected chi connectivity index (χ3v) is 7.15. The van der Waals surface area contributed by atoms with Gasteiger partial charge in [0.05, 0.1) is 29.9 Å². The smallest absolute Gasteiger partial charge is 0.378 e. The Morgan fingerprint density at radius 3 is 2.56 bits per heavy atom. The molecule has 180 valence electrons. The lowest BCUT2D eigenvalue weighted by atomic mass is 9.78. The van der Waals surface area contributed by atoms with Crippen LogP contribution in [0.2, 0.25) is 0 Å². The van der Waals surface area contributed by atoms with Gasteiger partial charge in [0.15, 0.2) is 0 Å². The summed E-state index contributed by atoms with van der Waals surface area (Å²) >= 11 is 0. The number of halogens is 3. The second-order valence-corrected chi connectivity index (χ2v) is 9.31. The lowest BCUT2D eigenvalue weighted by molar-refractivity contribution is -0.137. The van der Waals surface area contributed by atoms with Crippen LogP contribution in [0.1, 0.15) is 53.1 Å². The molecule has 0 bridgehead atoms. The number of carbonyl (C=O) groups is 1. The number of hydrogen-bond donors (Lipinski definition) is 0. The number of ether oxygens (including phenoxy) is 1. The van der Waals surface area contributed by atoms with Crippen LogP contribution in [0.4, 0.5) is 13.2 Å². The summed E-state index contributed by atoms with van der Waals surface area (Å²) in [6, 6.07) is 9.64. The number of fused-ring (bicyclic) bond motifs is 1. The number of pyridine rings is 1. The quantitative estimate of drug-likeness (QED) is 0.505. The van der Waals surface area contributed by atoms with Gasteiger partial charge in [-0.1, -0.05) is 18.2 Å². The number of rotatable bonds is 4. The molecular weight excluding hydrogens is 443 g/mol. The summed E-state index contributed by atoms with van der Waals surface area (Å²) in [5.41, 5.74) is 2.49. The summed E-state index contributed by atoms with van der Waals surface area (Å²) in [4.78, 5) is 19.5. The van der Waals surface area contributed by atoms with Crippen molar-refractivity contribution in [3.63, 3.8) is 0 Å². The number of nitrogens with zero attached hydrogens (tertiary/aromatic N) is 3. The SMILES string of the molecule is O=C(c1cn(CC2CCC(c3cccc(C(F)(F)F)c3)CC2)c2cccnc12)N1CCOCC1. The maximum absolute atomic E-state index is 13.2. The van der Waals surface area contributed by atoms with Crippen molar-refractivity contribution in [3.8, 4) is 0 Å². The highest BCUT2D eigenvalue weighted by atomic mass is 19.4. The number of aromatic nitrogens is 2. The van der Waals surface area contributed by atoms with Crippen LogP contribution < -0.4 is 0 Å². The molecule has 0 atom stereocenters. The van der Waals surface area contributed by atoms with Gasteiger partial charge in [-0.05, 0) is 61.3 Å². The van der Waals surface area contributed by atoms with Crippen LogP contribution in [0.15, 0.2) is 48.8 Å². The van der Waals surface area contributed by atoms with E-state index < -0.39 is 11.7 Å². The Hall–Kier alpha value is -2.87. The highest BCUT2D eigenvalue weighted by Crippen LogP contribution is 2.39. The van der Waals surface area contributed by atoms with Gasteiger partial charge in [0.25, 0.3) is 5.91 Å². The Morgan fingerprint density at radius 1 is 1.06 bits per heavy atom. The molecule has 5 nitrogen and oxygen atoms in total. The van der Waals surface area contributed by atoms with Gasteiger partial charge in [-0.25, -0.2) is 0 Å². The predicted molar refractivity (Wildman–Crippen MR) is 123 cm³/mol. The summed E-state index contributed by atoms with van der Waals surface area (Å²) in [7, 11) is 0. The fraction of sp³-hybridized carbons (Fsp3) is 0.462. The monoisotopic (exact) mass is 471 g/mol. The van der Waals surface area contributed by atoms with E-state index in [-0.39, 0.29) is 11.8 Å². The van der Waals surface area contributed by atoms with Crippen LogP contribution >= 0.6 is 0 Å². The van der Waals surface area contributed by atoms with Crippen molar-refractivity contribution in [2.45, 2.75) is 44.3 Å². The topological polar surface area (TPSA) is 47.4 Å². The number of alkyl halides is 3. The summed E-state index contributed by atoms with van der Waals surface area (Å²) in [6.07, 6.45) is 2.93. The van der Waals surface area contributed by atoms with Crippen LogP contribution in [0.25, 0.3) is 11.0 Å². The number of carbonyl (C=O) groups excluding carboxylic acids is 1. The molecule has 5 rings (SSSR count). The first-order chi connectivity index (χ1) is 16.4. The maximum Gasteiger partial charge on any atom is 0.416 e. The molecule has 2 fully saturated rings. The fourth-order valence-corrected chi connectivity index (χ4v) is 5.29. The van der Waals surface area contributed by atoms with Gasteiger partial charge in [-0.2, -0.15) is 13.2 Å². The molecule has 2 aliphatic rings. The third-order valence-electron chi connectivity index (χ3n) is 7.15. The molecule has 1 aromatic carbocycles. The van der Waals surface area contributed by atoms with Crippen LogP contribution in [-0.2, 0) is 17.5 Å². The molecule has 1 saturated heterocycles. The van der Waals surface area contributed by atoms with Gasteiger partial charge < -0.3 is 14.2 Å². The van der Waals surface area contributed by atoms with E-state index >= 15 is 0 Å². The Labute approximate surface area is 196 Å². The highest BCUT2D eigenvalue weighted by molar-refractivity contribution is 6.05. The standard InChI is InChI=1S/C26H28F3N3O2/c27-26(28,29)21-4-1-3-20(15-21)19-8-6-18(7-9-19)16-32-17-22(24-23(32)5-2-10-30-24)25(33)31-11-13-34-14-12-31/h1-5,10,15,17-19H,6-9,11-14,16H2. The molecule has 2 aromatic heterocycles. The van der Waals surface area contributed by atoms with E-state index in [1.54, 1.807) is 6.20 Å². The van der Waals surface area contributed by atoms with E-state index in [1.807, 2.05) is 29.3 Å². The van der Waals surface area contributed by atoms with Gasteiger partial charge in [-0.3, -0.25) is 9.78 Å². The predicted octanol–water partition coefficient (Wildman–Crippen LogP) is 5.50. The van der Waals surface area contributed by atoms with Crippen molar-refractivity contribution < 1.29 is 22.7 Å². The first-order valence-electron chi connectivity index (χ1n) is 11.9. The average Bonchev–Trinajstić information content (AvgIpc) is 3.22. The highest BCUT2D eigenvalue weighted by Gasteiger charge is 2.32. The molecular formula is C26H28F3N3O2. The van der Waals surface area contributed by atoms with Gasteiger partial charge in [0.2, 0.25) is 0 Å². The second-order valence-electron chi connectivity index (χ2n) is 9.31. The third kappa shape index (κ3) is 4.69. The lowest BCUT2D eigenvalue weighted by Gasteiger charge is -2.29. The van der Waals surface area contributed by atoms with Crippen LogP contribution in [-0.4, -0.2) is 46.7 Å². The van der Waals surface area contributed by atoms with Crippen molar-refractivity contribution >= 4 is 16.9 Å². The minimum atomic E-state index is -4.31. The lowest BCUT2D eigenvalue weighted by Crippen LogP contribution is -2.40. The first-order valence-corrected chi connectivity index (χ1v) is 11.9. The fourth-order valence-electron chi connectivity index (χ4n) is 5.29. The zero-order valence-electron chi connectivity index (χ0n) is 18.9. The second kappa shape index (κ2) is 9.41. The zero-order valence-corrected chi connectivity index (χ0v) is 18.9. The van der Waals surface area contributed by atoms with Crippen molar-refractivity contribution in [2.75, 3.05) is 26.3 Å². The van der Waals surface area contributed by atoms with Crippen molar-refractivity contribution in [2.24, 2.45) is 5.92 Å². The molecule has 0 unspecified atom stereocenters. The number of morpholine rings is 1. The summed E-state index contributed by atoms with van der Waals surface area (Å²) in [6.45, 7) is 3.03.